The highest BCUT2D eigenvalue weighted by Crippen LogP contribution is 2.33. The Balaban J connectivity index is 1.87. The Morgan fingerprint density at radius 1 is 1.25 bits per heavy atom. The molecule has 108 valence electrons. The second-order valence-electron chi connectivity index (χ2n) is 5.53. The van der Waals surface area contributed by atoms with Crippen molar-refractivity contribution in [3.63, 3.8) is 0 Å². The molecule has 0 bridgehead atoms. The number of benzene rings is 1. The van der Waals surface area contributed by atoms with Gasteiger partial charge in [-0.1, -0.05) is 37.3 Å². The lowest BCUT2D eigenvalue weighted by molar-refractivity contribution is -0.132. The zero-order valence-corrected chi connectivity index (χ0v) is 12.7. The largest absolute Gasteiger partial charge is 0.319 e. The van der Waals surface area contributed by atoms with E-state index < -0.39 is 0 Å². The summed E-state index contributed by atoms with van der Waals surface area (Å²) >= 11 is 2.00. The Kier molecular flexibility index (Phi) is 4.32. The maximum atomic E-state index is 12.7. The van der Waals surface area contributed by atoms with Gasteiger partial charge in [-0.15, -0.1) is 0 Å². The lowest BCUT2D eigenvalue weighted by Gasteiger charge is -2.35. The monoisotopic (exact) mass is 290 g/mol. The topological polar surface area (TPSA) is 32.3 Å². The summed E-state index contributed by atoms with van der Waals surface area (Å²) in [7, 11) is 0. The maximum Gasteiger partial charge on any atom is 0.241 e. The minimum absolute atomic E-state index is 0.0187. The van der Waals surface area contributed by atoms with Crippen molar-refractivity contribution in [3.8, 4) is 0 Å². The van der Waals surface area contributed by atoms with Gasteiger partial charge in [0.15, 0.2) is 0 Å². The summed E-state index contributed by atoms with van der Waals surface area (Å²) in [5, 5.41) is 3.52. The van der Waals surface area contributed by atoms with Gasteiger partial charge in [-0.05, 0) is 36.3 Å². The molecular weight excluding hydrogens is 268 g/mol. The number of nitrogens with zero attached hydrogens (tertiary/aromatic N) is 1. The molecule has 0 aromatic heterocycles. The molecule has 2 saturated heterocycles. The van der Waals surface area contributed by atoms with Crippen molar-refractivity contribution in [2.24, 2.45) is 0 Å². The molecule has 3 rings (SSSR count). The van der Waals surface area contributed by atoms with E-state index in [2.05, 4.69) is 41.4 Å². The van der Waals surface area contributed by atoms with Crippen LogP contribution in [0, 0.1) is 0 Å². The predicted molar refractivity (Wildman–Crippen MR) is 83.6 cm³/mol. The normalized spacial score (nSPS) is 28.1. The number of rotatable bonds is 3. The Bertz CT molecular complexity index is 459. The Morgan fingerprint density at radius 2 is 1.95 bits per heavy atom. The van der Waals surface area contributed by atoms with Crippen LogP contribution in [-0.2, 0) is 4.79 Å². The quantitative estimate of drug-likeness (QED) is 0.929. The molecule has 3 nitrogen and oxygen atoms in total. The molecule has 1 N–H and O–H groups in total. The summed E-state index contributed by atoms with van der Waals surface area (Å²) in [6.07, 6.45) is 3.16. The van der Waals surface area contributed by atoms with Crippen LogP contribution in [0.4, 0.5) is 0 Å². The highest BCUT2D eigenvalue weighted by Gasteiger charge is 2.42. The third-order valence-electron chi connectivity index (χ3n) is 4.30. The second-order valence-corrected chi connectivity index (χ2v) is 6.75. The van der Waals surface area contributed by atoms with E-state index in [9.17, 15) is 4.79 Å². The van der Waals surface area contributed by atoms with E-state index in [1.807, 2.05) is 17.8 Å². The van der Waals surface area contributed by atoms with Gasteiger partial charge in [-0.25, -0.2) is 0 Å². The van der Waals surface area contributed by atoms with Crippen LogP contribution in [-0.4, -0.2) is 34.4 Å². The first-order valence-electron chi connectivity index (χ1n) is 7.52. The molecule has 1 aromatic rings. The van der Waals surface area contributed by atoms with Gasteiger partial charge in [0.2, 0.25) is 5.91 Å². The molecule has 1 amide bonds. The number of nitrogens with one attached hydrogen (secondary N) is 1. The number of carbonyl (C=O) groups excluding carboxylic acids is 1. The number of thioether (sulfide) groups is 1. The minimum atomic E-state index is -0.0187. The van der Waals surface area contributed by atoms with E-state index in [1.165, 1.54) is 17.1 Å². The third-order valence-corrected chi connectivity index (χ3v) is 5.35. The van der Waals surface area contributed by atoms with E-state index in [4.69, 9.17) is 0 Å². The van der Waals surface area contributed by atoms with Crippen LogP contribution < -0.4 is 5.32 Å². The smallest absolute Gasteiger partial charge is 0.241 e. The van der Waals surface area contributed by atoms with Gasteiger partial charge in [0.1, 0.15) is 6.17 Å². The van der Waals surface area contributed by atoms with Crippen LogP contribution in [0.3, 0.4) is 0 Å². The van der Waals surface area contributed by atoms with Crippen molar-refractivity contribution in [2.45, 2.75) is 44.4 Å². The van der Waals surface area contributed by atoms with E-state index in [0.29, 0.717) is 11.9 Å². The standard InChI is InChI=1S/C16H22N2OS/c1-2-14-16(19)18(13-8-10-20-11-9-13)15(17-14)12-6-4-3-5-7-12/h3-7,13-15,17H,2,8-11H2,1H3. The molecule has 0 spiro atoms. The average molecular weight is 290 g/mol. The molecule has 4 heteroatoms. The van der Waals surface area contributed by atoms with Crippen molar-refractivity contribution in [1.29, 1.82) is 0 Å². The Morgan fingerprint density at radius 3 is 2.60 bits per heavy atom. The molecule has 2 aliphatic rings. The fraction of sp³-hybridized carbons (Fsp3) is 0.562. The Hall–Kier alpha value is -1.00. The van der Waals surface area contributed by atoms with Crippen molar-refractivity contribution >= 4 is 17.7 Å². The maximum absolute atomic E-state index is 12.7. The predicted octanol–water partition coefficient (Wildman–Crippen LogP) is 2.79. The molecular formula is C16H22N2OS. The number of carbonyl (C=O) groups is 1. The van der Waals surface area contributed by atoms with Crippen LogP contribution in [0.15, 0.2) is 30.3 Å². The van der Waals surface area contributed by atoms with E-state index in [0.717, 1.165) is 19.3 Å². The molecule has 1 aromatic carbocycles. The zero-order chi connectivity index (χ0) is 13.9. The second kappa shape index (κ2) is 6.19. The molecule has 0 radical (unpaired) electrons. The Labute approximate surface area is 125 Å². The summed E-state index contributed by atoms with van der Waals surface area (Å²) in [6.45, 7) is 2.08. The number of hydrogen-bond acceptors (Lipinski definition) is 3. The highest BCUT2D eigenvalue weighted by atomic mass is 32.2. The summed E-state index contributed by atoms with van der Waals surface area (Å²) in [5.41, 5.74) is 1.20. The lowest BCUT2D eigenvalue weighted by atomic mass is 10.1. The summed E-state index contributed by atoms with van der Waals surface area (Å²) < 4.78 is 0. The summed E-state index contributed by atoms with van der Waals surface area (Å²) in [6, 6.07) is 10.7. The first-order valence-corrected chi connectivity index (χ1v) is 8.67. The van der Waals surface area contributed by atoms with Crippen LogP contribution >= 0.6 is 11.8 Å². The number of amides is 1. The molecule has 0 saturated carbocycles. The fourth-order valence-electron chi connectivity index (χ4n) is 3.19. The first-order chi connectivity index (χ1) is 9.81. The SMILES string of the molecule is CCC1NC(c2ccccc2)N(C2CCSCC2)C1=O. The molecule has 2 heterocycles. The zero-order valence-electron chi connectivity index (χ0n) is 11.9. The van der Waals surface area contributed by atoms with Crippen molar-refractivity contribution < 1.29 is 4.79 Å². The van der Waals surface area contributed by atoms with Gasteiger partial charge in [-0.2, -0.15) is 11.8 Å². The van der Waals surface area contributed by atoms with Gasteiger partial charge < -0.3 is 4.90 Å². The first kappa shape index (κ1) is 14.0. The molecule has 2 unspecified atom stereocenters. The lowest BCUT2D eigenvalue weighted by Crippen LogP contribution is -2.42. The fourth-order valence-corrected chi connectivity index (χ4v) is 4.27. The molecule has 20 heavy (non-hydrogen) atoms. The van der Waals surface area contributed by atoms with Crippen LogP contribution in [0.1, 0.15) is 37.9 Å². The molecule has 0 aliphatic carbocycles. The van der Waals surface area contributed by atoms with Gasteiger partial charge in [0, 0.05) is 6.04 Å². The summed E-state index contributed by atoms with van der Waals surface area (Å²) in [5.74, 6) is 2.64. The van der Waals surface area contributed by atoms with Crippen molar-refractivity contribution in [3.05, 3.63) is 35.9 Å². The third kappa shape index (κ3) is 2.59. The van der Waals surface area contributed by atoms with E-state index in [-0.39, 0.29) is 12.2 Å². The average Bonchev–Trinajstić information content (AvgIpc) is 2.86. The highest BCUT2D eigenvalue weighted by molar-refractivity contribution is 7.99. The summed E-state index contributed by atoms with van der Waals surface area (Å²) in [4.78, 5) is 14.8. The van der Waals surface area contributed by atoms with Crippen molar-refractivity contribution in [2.75, 3.05) is 11.5 Å². The van der Waals surface area contributed by atoms with Crippen LogP contribution in [0.25, 0.3) is 0 Å². The van der Waals surface area contributed by atoms with Gasteiger partial charge >= 0.3 is 0 Å². The molecule has 2 atom stereocenters. The van der Waals surface area contributed by atoms with Gasteiger partial charge in [0.05, 0.1) is 6.04 Å². The van der Waals surface area contributed by atoms with E-state index in [1.54, 1.807) is 0 Å². The minimum Gasteiger partial charge on any atom is -0.319 e. The van der Waals surface area contributed by atoms with E-state index >= 15 is 0 Å². The van der Waals surface area contributed by atoms with Crippen LogP contribution in [0.5, 0.6) is 0 Å². The number of hydrogen-bond donors (Lipinski definition) is 1. The van der Waals surface area contributed by atoms with Gasteiger partial charge in [-0.3, -0.25) is 10.1 Å². The van der Waals surface area contributed by atoms with Crippen molar-refractivity contribution in [1.82, 2.24) is 10.2 Å². The molecule has 2 aliphatic heterocycles. The molecule has 2 fully saturated rings. The van der Waals surface area contributed by atoms with Gasteiger partial charge in [0.25, 0.3) is 0 Å². The van der Waals surface area contributed by atoms with Crippen LogP contribution in [0.2, 0.25) is 0 Å².